The Hall–Kier alpha value is -1.74. The third-order valence-electron chi connectivity index (χ3n) is 3.90. The fourth-order valence-corrected chi connectivity index (χ4v) is 2.28. The van der Waals surface area contributed by atoms with Crippen molar-refractivity contribution in [1.29, 1.82) is 0 Å². The lowest BCUT2D eigenvalue weighted by Gasteiger charge is -2.24. The number of benzene rings is 1. The summed E-state index contributed by atoms with van der Waals surface area (Å²) in [6.07, 6.45) is -9.78. The third-order valence-corrected chi connectivity index (χ3v) is 3.90. The van der Waals surface area contributed by atoms with Gasteiger partial charge in [-0.3, -0.25) is 4.74 Å². The van der Waals surface area contributed by atoms with Gasteiger partial charge in [0.2, 0.25) is 0 Å². The molecule has 2 unspecified atom stereocenters. The number of hydrogen-bond acceptors (Lipinski definition) is 9. The second-order valence-electron chi connectivity index (χ2n) is 6.94. The Labute approximate surface area is 188 Å². The van der Waals surface area contributed by atoms with Crippen molar-refractivity contribution in [2.75, 3.05) is 66.8 Å². The van der Waals surface area contributed by atoms with E-state index >= 15 is 0 Å². The molecule has 0 radical (unpaired) electrons. The molecule has 1 saturated heterocycles. The molecule has 2 atom stereocenters. The van der Waals surface area contributed by atoms with Crippen molar-refractivity contribution in [1.82, 2.24) is 0 Å². The van der Waals surface area contributed by atoms with E-state index in [4.69, 9.17) is 23.7 Å². The van der Waals surface area contributed by atoms with Crippen LogP contribution in [0.5, 0.6) is 11.5 Å². The maximum Gasteiger partial charge on any atom is 0.383 e. The molecule has 13 heteroatoms. The van der Waals surface area contributed by atoms with Gasteiger partial charge in [-0.15, -0.1) is 0 Å². The molecule has 0 amide bonds. The number of rotatable bonds is 19. The number of epoxide rings is 1. The number of aliphatic hydroxyl groups is 1. The van der Waals surface area contributed by atoms with Gasteiger partial charge in [-0.25, -0.2) is 0 Å². The Kier molecular flexibility index (Phi) is 11.5. The minimum Gasteiger partial charge on any atom is -0.497 e. The van der Waals surface area contributed by atoms with Crippen LogP contribution in [0.15, 0.2) is 24.3 Å². The van der Waals surface area contributed by atoms with Gasteiger partial charge >= 0.3 is 12.2 Å². The summed E-state index contributed by atoms with van der Waals surface area (Å²) >= 11 is 0. The molecule has 33 heavy (non-hydrogen) atoms. The fraction of sp³-hybridized carbons (Fsp3) is 0.700. The molecular weight excluding hydrogens is 460 g/mol. The second-order valence-corrected chi connectivity index (χ2v) is 6.94. The van der Waals surface area contributed by atoms with E-state index in [0.29, 0.717) is 24.7 Å². The molecule has 1 fully saturated rings. The van der Waals surface area contributed by atoms with E-state index in [2.05, 4.69) is 14.2 Å². The van der Waals surface area contributed by atoms with E-state index in [-0.39, 0.29) is 25.9 Å². The second kappa shape index (κ2) is 13.8. The summed E-state index contributed by atoms with van der Waals surface area (Å²) < 4.78 is 92.1. The molecule has 2 rings (SSSR count). The summed E-state index contributed by atoms with van der Waals surface area (Å²) in [4.78, 5) is 0. The third kappa shape index (κ3) is 12.9. The molecule has 1 aromatic carbocycles. The standard InChI is InChI=1S/C20H28F4O9/c1-26-16-2-4-17(5-3-16)31-9-15(25)8-29-12-19(21,22)33-20(23,24)13-30-14-28-7-6-27-10-18-11-32-18/h2-5,15,18,25H,6-14H2,1H3. The zero-order chi connectivity index (χ0) is 24.2. The van der Waals surface area contributed by atoms with Crippen LogP contribution in [0.25, 0.3) is 0 Å². The highest BCUT2D eigenvalue weighted by Crippen LogP contribution is 2.27. The predicted octanol–water partition coefficient (Wildman–Crippen LogP) is 2.06. The Balaban J connectivity index is 1.52. The predicted molar refractivity (Wildman–Crippen MR) is 104 cm³/mol. The molecule has 190 valence electrons. The molecule has 0 saturated carbocycles. The van der Waals surface area contributed by atoms with Gasteiger partial charge in [-0.1, -0.05) is 0 Å². The summed E-state index contributed by atoms with van der Waals surface area (Å²) in [7, 11) is 1.50. The normalized spacial score (nSPS) is 17.1. The van der Waals surface area contributed by atoms with Crippen molar-refractivity contribution in [3.8, 4) is 11.5 Å². The van der Waals surface area contributed by atoms with Gasteiger partial charge in [-0.05, 0) is 24.3 Å². The average molecular weight is 488 g/mol. The Morgan fingerprint density at radius 2 is 1.55 bits per heavy atom. The van der Waals surface area contributed by atoms with Gasteiger partial charge in [0, 0.05) is 0 Å². The molecule has 0 aliphatic carbocycles. The number of methoxy groups -OCH3 is 1. The average Bonchev–Trinajstić information content (AvgIpc) is 3.58. The highest BCUT2D eigenvalue weighted by Gasteiger charge is 2.44. The van der Waals surface area contributed by atoms with Crippen molar-refractivity contribution < 1.29 is 60.6 Å². The maximum absolute atomic E-state index is 13.6. The van der Waals surface area contributed by atoms with E-state index in [9.17, 15) is 22.7 Å². The van der Waals surface area contributed by atoms with Crippen molar-refractivity contribution in [2.24, 2.45) is 0 Å². The van der Waals surface area contributed by atoms with Crippen LogP contribution in [0.4, 0.5) is 17.6 Å². The molecule has 0 spiro atoms. The smallest absolute Gasteiger partial charge is 0.383 e. The highest BCUT2D eigenvalue weighted by molar-refractivity contribution is 5.31. The van der Waals surface area contributed by atoms with E-state index in [1.54, 1.807) is 24.3 Å². The van der Waals surface area contributed by atoms with Gasteiger partial charge in [0.1, 0.15) is 50.3 Å². The molecular formula is C20H28F4O9. The molecule has 0 aromatic heterocycles. The van der Waals surface area contributed by atoms with Crippen LogP contribution in [0.2, 0.25) is 0 Å². The van der Waals surface area contributed by atoms with E-state index in [1.165, 1.54) is 7.11 Å². The summed E-state index contributed by atoms with van der Waals surface area (Å²) in [6, 6.07) is 6.43. The monoisotopic (exact) mass is 488 g/mol. The topological polar surface area (TPSA) is 97.4 Å². The van der Waals surface area contributed by atoms with Gasteiger partial charge in [-0.2, -0.15) is 17.6 Å². The van der Waals surface area contributed by atoms with Crippen LogP contribution in [0, 0.1) is 0 Å². The van der Waals surface area contributed by atoms with Crippen LogP contribution in [-0.2, 0) is 28.4 Å². The molecule has 9 nitrogen and oxygen atoms in total. The first-order chi connectivity index (χ1) is 15.7. The van der Waals surface area contributed by atoms with Crippen molar-refractivity contribution >= 4 is 0 Å². The number of ether oxygens (including phenoxy) is 8. The molecule has 1 aliphatic heterocycles. The summed E-state index contributed by atoms with van der Waals surface area (Å²) in [5, 5.41) is 9.73. The first-order valence-corrected chi connectivity index (χ1v) is 10.0. The Morgan fingerprint density at radius 1 is 0.939 bits per heavy atom. The largest absolute Gasteiger partial charge is 0.497 e. The molecule has 1 aromatic rings. The van der Waals surface area contributed by atoms with Crippen molar-refractivity contribution in [3.63, 3.8) is 0 Å². The quantitative estimate of drug-likeness (QED) is 0.136. The SMILES string of the molecule is COc1ccc(OCC(O)COCC(F)(F)OC(F)(F)COCOCCOCC2CO2)cc1. The summed E-state index contributed by atoms with van der Waals surface area (Å²) in [5.74, 6) is 1.01. The fourth-order valence-electron chi connectivity index (χ4n) is 2.28. The lowest BCUT2D eigenvalue weighted by Crippen LogP contribution is -2.40. The Bertz CT molecular complexity index is 659. The van der Waals surface area contributed by atoms with Crippen LogP contribution in [0.1, 0.15) is 0 Å². The lowest BCUT2D eigenvalue weighted by atomic mass is 10.3. The van der Waals surface area contributed by atoms with Crippen LogP contribution < -0.4 is 9.47 Å². The first-order valence-electron chi connectivity index (χ1n) is 10.0. The van der Waals surface area contributed by atoms with Crippen LogP contribution >= 0.6 is 0 Å². The maximum atomic E-state index is 13.6. The van der Waals surface area contributed by atoms with E-state index in [0.717, 1.165) is 0 Å². The van der Waals surface area contributed by atoms with Gasteiger partial charge in [0.05, 0.1) is 40.1 Å². The minimum absolute atomic E-state index is 0.0770. The van der Waals surface area contributed by atoms with Crippen LogP contribution in [-0.4, -0.2) is 96.3 Å². The van der Waals surface area contributed by atoms with E-state index in [1.807, 2.05) is 0 Å². The lowest BCUT2D eigenvalue weighted by molar-refractivity contribution is -0.396. The van der Waals surface area contributed by atoms with E-state index < -0.39 is 44.9 Å². The zero-order valence-electron chi connectivity index (χ0n) is 18.1. The number of alkyl halides is 4. The number of aliphatic hydroxyl groups excluding tert-OH is 1. The first kappa shape index (κ1) is 27.5. The zero-order valence-corrected chi connectivity index (χ0v) is 18.1. The molecule has 1 N–H and O–H groups in total. The van der Waals surface area contributed by atoms with Crippen molar-refractivity contribution in [2.45, 2.75) is 24.4 Å². The molecule has 0 bridgehead atoms. The highest BCUT2D eigenvalue weighted by atomic mass is 19.3. The summed E-state index contributed by atoms with van der Waals surface area (Å²) in [6.45, 7) is -2.99. The van der Waals surface area contributed by atoms with Crippen molar-refractivity contribution in [3.05, 3.63) is 24.3 Å². The number of halogens is 4. The van der Waals surface area contributed by atoms with Gasteiger partial charge in [0.25, 0.3) is 0 Å². The molecule has 1 aliphatic rings. The Morgan fingerprint density at radius 3 is 2.18 bits per heavy atom. The van der Waals surface area contributed by atoms with Gasteiger partial charge < -0.3 is 38.3 Å². The van der Waals surface area contributed by atoms with Crippen LogP contribution in [0.3, 0.4) is 0 Å². The minimum atomic E-state index is -4.32. The molecule has 1 heterocycles. The summed E-state index contributed by atoms with van der Waals surface area (Å²) in [5.41, 5.74) is 0. The van der Waals surface area contributed by atoms with Gasteiger partial charge in [0.15, 0.2) is 0 Å². The number of hydrogen-bond donors (Lipinski definition) is 1.